The topological polar surface area (TPSA) is 36.7 Å². The van der Waals surface area contributed by atoms with Crippen LogP contribution in [0.15, 0.2) is 73.1 Å². The molecule has 1 aliphatic heterocycles. The molecule has 0 unspecified atom stereocenters. The lowest BCUT2D eigenvalue weighted by molar-refractivity contribution is 0.647. The minimum atomic E-state index is 0.771. The second-order valence-electron chi connectivity index (χ2n) is 6.93. The van der Waals surface area contributed by atoms with Gasteiger partial charge in [0.2, 0.25) is 0 Å². The van der Waals surface area contributed by atoms with E-state index >= 15 is 0 Å². The third-order valence-electron chi connectivity index (χ3n) is 5.21. The molecule has 1 saturated heterocycles. The molecule has 0 atom stereocenters. The number of hydrogen-bond donors (Lipinski definition) is 0. The summed E-state index contributed by atoms with van der Waals surface area (Å²) in [7, 11) is 0. The molecule has 5 nitrogen and oxygen atoms in total. The fraction of sp³-hybridized carbons (Fsp3) is 0.182. The summed E-state index contributed by atoms with van der Waals surface area (Å²) in [5.74, 6) is 0.993. The van der Waals surface area contributed by atoms with Crippen molar-refractivity contribution in [2.24, 2.45) is 0 Å². The van der Waals surface area contributed by atoms with E-state index < -0.39 is 0 Å². The van der Waals surface area contributed by atoms with Crippen LogP contribution in [0, 0.1) is 0 Å². The van der Waals surface area contributed by atoms with Crippen LogP contribution in [-0.4, -0.2) is 40.8 Å². The lowest BCUT2D eigenvalue weighted by atomic mass is 10.1. The highest BCUT2D eigenvalue weighted by atomic mass is 35.5. The summed E-state index contributed by atoms with van der Waals surface area (Å²) in [4.78, 5) is 9.41. The Morgan fingerprint density at radius 1 is 0.821 bits per heavy atom. The van der Waals surface area contributed by atoms with Crippen molar-refractivity contribution in [2.45, 2.75) is 0 Å². The number of aromatic nitrogens is 3. The van der Waals surface area contributed by atoms with Crippen molar-refractivity contribution >= 4 is 28.6 Å². The van der Waals surface area contributed by atoms with Crippen LogP contribution in [0.5, 0.6) is 0 Å². The van der Waals surface area contributed by atoms with Gasteiger partial charge in [-0.1, -0.05) is 41.9 Å². The van der Waals surface area contributed by atoms with E-state index in [0.717, 1.165) is 53.8 Å². The Morgan fingerprint density at radius 3 is 2.29 bits per heavy atom. The third-order valence-corrected chi connectivity index (χ3v) is 5.46. The van der Waals surface area contributed by atoms with E-state index in [1.54, 1.807) is 0 Å². The van der Waals surface area contributed by atoms with Crippen LogP contribution in [0.3, 0.4) is 0 Å². The number of benzene rings is 2. The molecular weight excluding hydrogens is 370 g/mol. The van der Waals surface area contributed by atoms with Crippen molar-refractivity contribution in [1.82, 2.24) is 14.6 Å². The third kappa shape index (κ3) is 3.18. The Hall–Kier alpha value is -3.05. The van der Waals surface area contributed by atoms with E-state index in [-0.39, 0.29) is 0 Å². The molecule has 0 saturated carbocycles. The number of nitrogens with zero attached hydrogens (tertiary/aromatic N) is 5. The number of fused-ring (bicyclic) bond motifs is 1. The number of halogens is 1. The molecule has 0 spiro atoms. The van der Waals surface area contributed by atoms with Crippen LogP contribution in [0.1, 0.15) is 0 Å². The average Bonchev–Trinajstić information content (AvgIpc) is 3.20. The van der Waals surface area contributed by atoms with Gasteiger partial charge in [-0.2, -0.15) is 5.10 Å². The highest BCUT2D eigenvalue weighted by Crippen LogP contribution is 2.27. The smallest absolute Gasteiger partial charge is 0.154 e. The summed E-state index contributed by atoms with van der Waals surface area (Å²) in [5.41, 5.74) is 4.34. The first-order chi connectivity index (χ1) is 13.8. The number of anilines is 2. The number of rotatable bonds is 3. The van der Waals surface area contributed by atoms with Crippen molar-refractivity contribution in [3.63, 3.8) is 0 Å². The molecule has 6 heteroatoms. The quantitative estimate of drug-likeness (QED) is 0.521. The summed E-state index contributed by atoms with van der Waals surface area (Å²) >= 11 is 6.01. The van der Waals surface area contributed by atoms with Crippen LogP contribution in [0.25, 0.3) is 16.8 Å². The Bertz CT molecular complexity index is 1080. The molecule has 28 heavy (non-hydrogen) atoms. The lowest BCUT2D eigenvalue weighted by Crippen LogP contribution is -2.47. The Morgan fingerprint density at radius 2 is 1.54 bits per heavy atom. The fourth-order valence-corrected chi connectivity index (χ4v) is 3.86. The predicted octanol–water partition coefficient (Wildman–Crippen LogP) is 4.38. The largest absolute Gasteiger partial charge is 0.368 e. The van der Waals surface area contributed by atoms with E-state index in [4.69, 9.17) is 16.7 Å². The van der Waals surface area contributed by atoms with Crippen LogP contribution in [-0.2, 0) is 0 Å². The van der Waals surface area contributed by atoms with Crippen LogP contribution < -0.4 is 9.80 Å². The van der Waals surface area contributed by atoms with E-state index in [1.165, 1.54) is 5.69 Å². The van der Waals surface area contributed by atoms with Crippen LogP contribution in [0.2, 0.25) is 5.02 Å². The summed E-state index contributed by atoms with van der Waals surface area (Å²) in [6, 6.07) is 20.4. The molecular formula is C22H20ClN5. The lowest BCUT2D eigenvalue weighted by Gasteiger charge is -2.36. The van der Waals surface area contributed by atoms with Crippen LogP contribution >= 0.6 is 11.6 Å². The van der Waals surface area contributed by atoms with Crippen molar-refractivity contribution in [3.05, 3.63) is 78.1 Å². The van der Waals surface area contributed by atoms with Crippen molar-refractivity contribution in [2.75, 3.05) is 36.0 Å². The van der Waals surface area contributed by atoms with Gasteiger partial charge in [0.1, 0.15) is 5.52 Å². The summed E-state index contributed by atoms with van der Waals surface area (Å²) < 4.78 is 1.93. The first kappa shape index (κ1) is 17.1. The summed E-state index contributed by atoms with van der Waals surface area (Å²) in [5, 5.41) is 5.51. The van der Waals surface area contributed by atoms with Crippen molar-refractivity contribution in [1.29, 1.82) is 0 Å². The molecule has 2 aromatic heterocycles. The second-order valence-corrected chi connectivity index (χ2v) is 7.36. The molecule has 0 amide bonds. The molecule has 0 radical (unpaired) electrons. The van der Waals surface area contributed by atoms with Gasteiger partial charge in [-0.3, -0.25) is 0 Å². The summed E-state index contributed by atoms with van der Waals surface area (Å²) in [6.07, 6.45) is 3.74. The Labute approximate surface area is 168 Å². The SMILES string of the molecule is Clc1ccc(N2CCN(c3nccn4nc(-c5ccccc5)cc34)CC2)cc1. The van der Waals surface area contributed by atoms with Crippen LogP contribution in [0.4, 0.5) is 11.5 Å². The van der Waals surface area contributed by atoms with Crippen molar-refractivity contribution < 1.29 is 0 Å². The molecule has 5 rings (SSSR count). The van der Waals surface area contributed by atoms with Gasteiger partial charge in [0, 0.05) is 54.8 Å². The highest BCUT2D eigenvalue weighted by molar-refractivity contribution is 6.30. The molecule has 1 fully saturated rings. The molecule has 0 N–H and O–H groups in total. The van der Waals surface area contributed by atoms with E-state index in [9.17, 15) is 0 Å². The molecule has 2 aromatic carbocycles. The first-order valence-corrected chi connectivity index (χ1v) is 9.81. The first-order valence-electron chi connectivity index (χ1n) is 9.43. The zero-order chi connectivity index (χ0) is 18.9. The fourth-order valence-electron chi connectivity index (χ4n) is 3.73. The maximum Gasteiger partial charge on any atom is 0.154 e. The highest BCUT2D eigenvalue weighted by Gasteiger charge is 2.21. The zero-order valence-corrected chi connectivity index (χ0v) is 16.1. The second kappa shape index (κ2) is 7.17. The maximum atomic E-state index is 6.01. The van der Waals surface area contributed by atoms with E-state index in [2.05, 4.69) is 45.1 Å². The summed E-state index contributed by atoms with van der Waals surface area (Å²) in [6.45, 7) is 3.73. The van der Waals surface area contributed by atoms with Gasteiger partial charge in [0.05, 0.1) is 5.69 Å². The molecule has 0 bridgehead atoms. The molecule has 0 aliphatic carbocycles. The van der Waals surface area contributed by atoms with Gasteiger partial charge in [-0.15, -0.1) is 0 Å². The normalized spacial score (nSPS) is 14.6. The monoisotopic (exact) mass is 389 g/mol. The molecule has 3 heterocycles. The Balaban J connectivity index is 1.39. The zero-order valence-electron chi connectivity index (χ0n) is 15.4. The Kier molecular flexibility index (Phi) is 4.37. The molecule has 140 valence electrons. The minimum Gasteiger partial charge on any atom is -0.368 e. The van der Waals surface area contributed by atoms with Gasteiger partial charge in [-0.05, 0) is 30.3 Å². The van der Waals surface area contributed by atoms with E-state index in [0.29, 0.717) is 0 Å². The maximum absolute atomic E-state index is 6.01. The molecule has 4 aromatic rings. The van der Waals surface area contributed by atoms with Gasteiger partial charge >= 0.3 is 0 Å². The van der Waals surface area contributed by atoms with E-state index in [1.807, 2.05) is 47.2 Å². The number of hydrogen-bond acceptors (Lipinski definition) is 4. The van der Waals surface area contributed by atoms with Crippen molar-refractivity contribution in [3.8, 4) is 11.3 Å². The number of piperazine rings is 1. The average molecular weight is 390 g/mol. The van der Waals surface area contributed by atoms with Gasteiger partial charge in [0.15, 0.2) is 5.82 Å². The van der Waals surface area contributed by atoms with Gasteiger partial charge in [0.25, 0.3) is 0 Å². The van der Waals surface area contributed by atoms with Gasteiger partial charge in [-0.25, -0.2) is 9.50 Å². The minimum absolute atomic E-state index is 0.771. The predicted molar refractivity (Wildman–Crippen MR) is 114 cm³/mol. The standard InChI is InChI=1S/C22H20ClN5/c23-18-6-8-19(9-7-18)26-12-14-27(15-13-26)22-21-16-20(17-4-2-1-3-5-17)25-28(21)11-10-24-22/h1-11,16H,12-15H2. The van der Waals surface area contributed by atoms with Gasteiger partial charge < -0.3 is 9.80 Å². The molecule has 1 aliphatic rings.